The second kappa shape index (κ2) is 4.84. The van der Waals surface area contributed by atoms with Crippen molar-refractivity contribution in [3.05, 3.63) is 23.0 Å². The number of hydrogen-bond acceptors (Lipinski definition) is 5. The molecule has 0 aliphatic carbocycles. The van der Waals surface area contributed by atoms with E-state index >= 15 is 0 Å². The monoisotopic (exact) mass is 232 g/mol. The van der Waals surface area contributed by atoms with Crippen LogP contribution in [0.25, 0.3) is 0 Å². The number of pyridine rings is 1. The summed E-state index contributed by atoms with van der Waals surface area (Å²) in [6, 6.07) is 0. The first-order valence-electron chi connectivity index (χ1n) is 4.30. The fourth-order valence-corrected chi connectivity index (χ4v) is 1.20. The summed E-state index contributed by atoms with van der Waals surface area (Å²) in [6.45, 7) is -0.321. The van der Waals surface area contributed by atoms with E-state index in [-0.39, 0.29) is 12.1 Å². The lowest BCUT2D eigenvalue weighted by atomic mass is 10.1. The molecule has 0 fully saturated rings. The first kappa shape index (κ1) is 12.3. The molecule has 0 saturated heterocycles. The number of aromatic nitrogens is 1. The molecule has 0 amide bonds. The zero-order chi connectivity index (χ0) is 12.3. The van der Waals surface area contributed by atoms with E-state index in [0.29, 0.717) is 0 Å². The molecule has 0 atom stereocenters. The van der Waals surface area contributed by atoms with Crippen LogP contribution in [0.15, 0.2) is 6.20 Å². The quantitative estimate of drug-likeness (QED) is 0.758. The molecule has 0 unspecified atom stereocenters. The predicted molar refractivity (Wildman–Crippen MR) is 50.1 cm³/mol. The smallest absolute Gasteiger partial charge is 0.360 e. The number of carbonyl (C=O) groups excluding carboxylic acids is 1. The minimum Gasteiger partial charge on any atom is -0.505 e. The Hall–Kier alpha value is -1.76. The Labute approximate surface area is 89.9 Å². The number of rotatable bonds is 3. The molecule has 7 heteroatoms. The fourth-order valence-electron chi connectivity index (χ4n) is 1.20. The van der Waals surface area contributed by atoms with Crippen LogP contribution in [0.4, 0.5) is 8.78 Å². The van der Waals surface area contributed by atoms with Gasteiger partial charge in [0.1, 0.15) is 0 Å². The van der Waals surface area contributed by atoms with Crippen LogP contribution >= 0.6 is 0 Å². The van der Waals surface area contributed by atoms with Crippen molar-refractivity contribution in [1.82, 2.24) is 4.98 Å². The predicted octanol–water partition coefficient (Wildman–Crippen LogP) is 0.970. The lowest BCUT2D eigenvalue weighted by molar-refractivity contribution is 0.0589. The maximum atomic E-state index is 12.5. The van der Waals surface area contributed by atoms with Gasteiger partial charge in [0, 0.05) is 23.9 Å². The Morgan fingerprint density at radius 3 is 2.75 bits per heavy atom. The zero-order valence-electron chi connectivity index (χ0n) is 8.41. The van der Waals surface area contributed by atoms with Crippen LogP contribution in [0.5, 0.6) is 5.75 Å². The van der Waals surface area contributed by atoms with Gasteiger partial charge in [-0.25, -0.2) is 18.6 Å². The number of hydrogen-bond donors (Lipinski definition) is 2. The first-order chi connectivity index (χ1) is 7.52. The van der Waals surface area contributed by atoms with Gasteiger partial charge >= 0.3 is 5.97 Å². The Morgan fingerprint density at radius 1 is 1.69 bits per heavy atom. The molecule has 88 valence electrons. The lowest BCUT2D eigenvalue weighted by Gasteiger charge is -2.10. The topological polar surface area (TPSA) is 85.4 Å². The summed E-state index contributed by atoms with van der Waals surface area (Å²) in [6.07, 6.45) is -2.01. The Balaban J connectivity index is 3.34. The molecule has 0 aliphatic rings. The molecule has 0 aliphatic heterocycles. The summed E-state index contributed by atoms with van der Waals surface area (Å²) in [5, 5.41) is 9.54. The standard InChI is InChI=1S/C9H10F2N2O3/c1-16-9(15)6-7(14)4(2-12)5(3-13-6)8(10)11/h3,8,14H,2,12H2,1H3. The molecular formula is C9H10F2N2O3. The molecule has 0 spiro atoms. The van der Waals surface area contributed by atoms with Gasteiger partial charge in [-0.3, -0.25) is 0 Å². The number of carbonyl (C=O) groups is 1. The minimum absolute atomic E-state index is 0.203. The SMILES string of the molecule is COC(=O)c1ncc(C(F)F)c(CN)c1O. The molecule has 5 nitrogen and oxygen atoms in total. The highest BCUT2D eigenvalue weighted by Crippen LogP contribution is 2.30. The van der Waals surface area contributed by atoms with Gasteiger partial charge in [-0.05, 0) is 0 Å². The zero-order valence-corrected chi connectivity index (χ0v) is 8.41. The summed E-state index contributed by atoms with van der Waals surface area (Å²) >= 11 is 0. The molecule has 3 N–H and O–H groups in total. The van der Waals surface area contributed by atoms with E-state index in [2.05, 4.69) is 9.72 Å². The van der Waals surface area contributed by atoms with Gasteiger partial charge < -0.3 is 15.6 Å². The third-order valence-electron chi connectivity index (χ3n) is 2.01. The number of halogens is 2. The number of alkyl halides is 2. The number of ether oxygens (including phenoxy) is 1. The molecule has 1 aromatic rings. The van der Waals surface area contributed by atoms with Gasteiger partial charge in [0.2, 0.25) is 0 Å². The molecule has 0 bridgehead atoms. The highest BCUT2D eigenvalue weighted by Gasteiger charge is 2.22. The average molecular weight is 232 g/mol. The molecule has 1 heterocycles. The van der Waals surface area contributed by atoms with E-state index in [1.165, 1.54) is 0 Å². The van der Waals surface area contributed by atoms with Gasteiger partial charge in [-0.2, -0.15) is 0 Å². The van der Waals surface area contributed by atoms with Crippen LogP contribution in [0.1, 0.15) is 28.0 Å². The van der Waals surface area contributed by atoms with Crippen molar-refractivity contribution < 1.29 is 23.4 Å². The summed E-state index contributed by atoms with van der Waals surface area (Å²) < 4.78 is 29.3. The number of nitrogens with zero attached hydrogens (tertiary/aromatic N) is 1. The lowest BCUT2D eigenvalue weighted by Crippen LogP contribution is -2.10. The Morgan fingerprint density at radius 2 is 2.31 bits per heavy atom. The van der Waals surface area contributed by atoms with Crippen molar-refractivity contribution in [1.29, 1.82) is 0 Å². The van der Waals surface area contributed by atoms with Gasteiger partial charge in [0.05, 0.1) is 7.11 Å². The molecule has 1 rings (SSSR count). The number of esters is 1. The van der Waals surface area contributed by atoms with Gasteiger partial charge in [0.15, 0.2) is 11.4 Å². The van der Waals surface area contributed by atoms with Crippen molar-refractivity contribution in [2.75, 3.05) is 7.11 Å². The van der Waals surface area contributed by atoms with Crippen LogP contribution in [0, 0.1) is 0 Å². The summed E-state index contributed by atoms with van der Waals surface area (Å²) in [5.41, 5.74) is 4.11. The maximum absolute atomic E-state index is 12.5. The van der Waals surface area contributed by atoms with Crippen molar-refractivity contribution in [2.24, 2.45) is 5.73 Å². The van der Waals surface area contributed by atoms with Crippen LogP contribution in [-0.2, 0) is 11.3 Å². The van der Waals surface area contributed by atoms with Crippen LogP contribution < -0.4 is 5.73 Å². The molecular weight excluding hydrogens is 222 g/mol. The van der Waals surface area contributed by atoms with Crippen molar-refractivity contribution >= 4 is 5.97 Å². The third-order valence-corrected chi connectivity index (χ3v) is 2.01. The van der Waals surface area contributed by atoms with E-state index in [4.69, 9.17) is 5.73 Å². The second-order valence-electron chi connectivity index (χ2n) is 2.89. The third kappa shape index (κ3) is 2.08. The van der Waals surface area contributed by atoms with E-state index < -0.39 is 29.4 Å². The van der Waals surface area contributed by atoms with Crippen molar-refractivity contribution in [2.45, 2.75) is 13.0 Å². The van der Waals surface area contributed by atoms with Crippen LogP contribution in [0.3, 0.4) is 0 Å². The van der Waals surface area contributed by atoms with E-state index in [0.717, 1.165) is 13.3 Å². The Kier molecular flexibility index (Phi) is 3.73. The van der Waals surface area contributed by atoms with E-state index in [1.54, 1.807) is 0 Å². The largest absolute Gasteiger partial charge is 0.505 e. The summed E-state index contributed by atoms with van der Waals surface area (Å²) in [7, 11) is 1.09. The highest BCUT2D eigenvalue weighted by molar-refractivity contribution is 5.90. The first-order valence-corrected chi connectivity index (χ1v) is 4.30. The summed E-state index contributed by atoms with van der Waals surface area (Å²) in [5.74, 6) is -1.57. The number of aromatic hydroxyl groups is 1. The van der Waals surface area contributed by atoms with Crippen LogP contribution in [0.2, 0.25) is 0 Å². The Bertz CT molecular complexity index is 410. The van der Waals surface area contributed by atoms with Gasteiger partial charge in [0.25, 0.3) is 6.43 Å². The molecule has 0 saturated carbocycles. The molecule has 16 heavy (non-hydrogen) atoms. The minimum atomic E-state index is -2.82. The molecule has 1 aromatic heterocycles. The fraction of sp³-hybridized carbons (Fsp3) is 0.333. The van der Waals surface area contributed by atoms with E-state index in [1.807, 2.05) is 0 Å². The highest BCUT2D eigenvalue weighted by atomic mass is 19.3. The van der Waals surface area contributed by atoms with E-state index in [9.17, 15) is 18.7 Å². The normalized spacial score (nSPS) is 10.6. The van der Waals surface area contributed by atoms with Crippen molar-refractivity contribution in [3.8, 4) is 5.75 Å². The van der Waals surface area contributed by atoms with Gasteiger partial charge in [-0.15, -0.1) is 0 Å². The van der Waals surface area contributed by atoms with Crippen molar-refractivity contribution in [3.63, 3.8) is 0 Å². The van der Waals surface area contributed by atoms with Gasteiger partial charge in [-0.1, -0.05) is 0 Å². The maximum Gasteiger partial charge on any atom is 0.360 e. The number of nitrogens with two attached hydrogens (primary N) is 1. The summed E-state index contributed by atoms with van der Waals surface area (Å²) in [4.78, 5) is 14.5. The number of methoxy groups -OCH3 is 1. The molecule has 0 radical (unpaired) electrons. The molecule has 0 aromatic carbocycles. The second-order valence-corrected chi connectivity index (χ2v) is 2.89. The van der Waals surface area contributed by atoms with Crippen LogP contribution in [-0.4, -0.2) is 23.2 Å². The average Bonchev–Trinajstić information content (AvgIpc) is 2.27.